The molecular weight excluding hydrogens is 286 g/mol. The van der Waals surface area contributed by atoms with Crippen LogP contribution in [0.25, 0.3) is 0 Å². The van der Waals surface area contributed by atoms with E-state index in [1.807, 2.05) is 0 Å². The smallest absolute Gasteiger partial charge is 0.222 e. The van der Waals surface area contributed by atoms with Gasteiger partial charge in [0.05, 0.1) is 0 Å². The number of carbonyl (C=O) groups is 1. The number of nitrogens with zero attached hydrogens (tertiary/aromatic N) is 3. The van der Waals surface area contributed by atoms with Crippen molar-refractivity contribution in [3.63, 3.8) is 0 Å². The van der Waals surface area contributed by atoms with Crippen LogP contribution in [-0.4, -0.2) is 73.5 Å². The van der Waals surface area contributed by atoms with Gasteiger partial charge in [-0.25, -0.2) is 0 Å². The minimum atomic E-state index is 0.404. The standard InChI is InChI=1S/C19H37N3O/c1-4-21(15-14-20(2)3)18-10-11-19(23)22(13-12-18)16-17-8-6-5-7-9-17/h17-18H,4-16H2,1-3H3. The zero-order valence-electron chi connectivity index (χ0n) is 15.6. The first-order valence-electron chi connectivity index (χ1n) is 9.76. The highest BCUT2D eigenvalue weighted by molar-refractivity contribution is 5.76. The summed E-state index contributed by atoms with van der Waals surface area (Å²) in [6.07, 6.45) is 9.72. The highest BCUT2D eigenvalue weighted by Crippen LogP contribution is 2.26. The van der Waals surface area contributed by atoms with Gasteiger partial charge in [-0.3, -0.25) is 9.69 Å². The fourth-order valence-electron chi connectivity index (χ4n) is 4.19. The van der Waals surface area contributed by atoms with E-state index in [1.165, 1.54) is 32.1 Å². The third kappa shape index (κ3) is 6.07. The maximum absolute atomic E-state index is 12.5. The summed E-state index contributed by atoms with van der Waals surface area (Å²) in [5.41, 5.74) is 0. The average molecular weight is 324 g/mol. The van der Waals surface area contributed by atoms with E-state index in [2.05, 4.69) is 35.7 Å². The SMILES string of the molecule is CCN(CCN(C)C)C1CCC(=O)N(CC2CCCCC2)CC1. The highest BCUT2D eigenvalue weighted by atomic mass is 16.2. The van der Waals surface area contributed by atoms with Crippen LogP contribution in [0.1, 0.15) is 58.3 Å². The molecule has 1 unspecified atom stereocenters. The normalized spacial score (nSPS) is 24.5. The molecule has 2 fully saturated rings. The van der Waals surface area contributed by atoms with Crippen molar-refractivity contribution in [1.29, 1.82) is 0 Å². The fourth-order valence-corrected chi connectivity index (χ4v) is 4.19. The molecule has 1 saturated heterocycles. The Kier molecular flexibility index (Phi) is 7.84. The Labute approximate surface area is 143 Å². The van der Waals surface area contributed by atoms with Crippen LogP contribution in [0, 0.1) is 5.92 Å². The van der Waals surface area contributed by atoms with Crippen LogP contribution >= 0.6 is 0 Å². The summed E-state index contributed by atoms with van der Waals surface area (Å²) in [5, 5.41) is 0. The van der Waals surface area contributed by atoms with Gasteiger partial charge in [0.1, 0.15) is 0 Å². The second-order valence-corrected chi connectivity index (χ2v) is 7.76. The van der Waals surface area contributed by atoms with Crippen molar-refractivity contribution in [2.75, 3.05) is 46.8 Å². The molecule has 0 aromatic heterocycles. The van der Waals surface area contributed by atoms with Gasteiger partial charge < -0.3 is 9.80 Å². The Balaban J connectivity index is 1.84. The van der Waals surface area contributed by atoms with E-state index in [4.69, 9.17) is 0 Å². The molecule has 0 aromatic rings. The quantitative estimate of drug-likeness (QED) is 0.721. The highest BCUT2D eigenvalue weighted by Gasteiger charge is 2.27. The summed E-state index contributed by atoms with van der Waals surface area (Å²) in [7, 11) is 4.27. The van der Waals surface area contributed by atoms with Crippen molar-refractivity contribution in [2.45, 2.75) is 64.3 Å². The van der Waals surface area contributed by atoms with E-state index in [-0.39, 0.29) is 0 Å². The predicted octanol–water partition coefficient (Wildman–Crippen LogP) is 2.83. The number of likely N-dealkylation sites (N-methyl/N-ethyl adjacent to an activating group) is 2. The third-order valence-corrected chi connectivity index (χ3v) is 5.74. The second-order valence-electron chi connectivity index (χ2n) is 7.76. The molecule has 0 bridgehead atoms. The number of amides is 1. The largest absolute Gasteiger partial charge is 0.342 e. The molecule has 0 N–H and O–H groups in total. The van der Waals surface area contributed by atoms with Gasteiger partial charge in [0.2, 0.25) is 5.91 Å². The van der Waals surface area contributed by atoms with Gasteiger partial charge in [-0.15, -0.1) is 0 Å². The minimum absolute atomic E-state index is 0.404. The average Bonchev–Trinajstić information content (AvgIpc) is 2.72. The van der Waals surface area contributed by atoms with Gasteiger partial charge in [-0.05, 0) is 52.2 Å². The van der Waals surface area contributed by atoms with E-state index in [0.717, 1.165) is 57.9 Å². The van der Waals surface area contributed by atoms with Crippen molar-refractivity contribution in [3.8, 4) is 0 Å². The van der Waals surface area contributed by atoms with Crippen LogP contribution in [0.3, 0.4) is 0 Å². The molecule has 2 rings (SSSR count). The number of rotatable bonds is 7. The zero-order valence-corrected chi connectivity index (χ0v) is 15.6. The Bertz CT molecular complexity index is 353. The third-order valence-electron chi connectivity index (χ3n) is 5.74. The van der Waals surface area contributed by atoms with Crippen molar-refractivity contribution < 1.29 is 4.79 Å². The second kappa shape index (κ2) is 9.63. The summed E-state index contributed by atoms with van der Waals surface area (Å²) < 4.78 is 0. The maximum atomic E-state index is 12.5. The molecule has 4 nitrogen and oxygen atoms in total. The zero-order chi connectivity index (χ0) is 16.7. The Morgan fingerprint density at radius 3 is 2.43 bits per heavy atom. The summed E-state index contributed by atoms with van der Waals surface area (Å²) in [5.74, 6) is 1.17. The molecule has 4 heteroatoms. The lowest BCUT2D eigenvalue weighted by Gasteiger charge is -2.31. The number of carbonyl (C=O) groups excluding carboxylic acids is 1. The van der Waals surface area contributed by atoms with E-state index in [0.29, 0.717) is 11.9 Å². The van der Waals surface area contributed by atoms with Crippen LogP contribution in [0.4, 0.5) is 0 Å². The van der Waals surface area contributed by atoms with Crippen LogP contribution < -0.4 is 0 Å². The van der Waals surface area contributed by atoms with Crippen molar-refractivity contribution in [2.24, 2.45) is 5.92 Å². The minimum Gasteiger partial charge on any atom is -0.342 e. The first kappa shape index (κ1) is 18.7. The van der Waals surface area contributed by atoms with Crippen molar-refractivity contribution in [3.05, 3.63) is 0 Å². The first-order valence-corrected chi connectivity index (χ1v) is 9.76. The van der Waals surface area contributed by atoms with Gasteiger partial charge in [0.15, 0.2) is 0 Å². The summed E-state index contributed by atoms with van der Waals surface area (Å²) in [6.45, 7) is 7.56. The fraction of sp³-hybridized carbons (Fsp3) is 0.947. The van der Waals surface area contributed by atoms with Crippen LogP contribution in [0.15, 0.2) is 0 Å². The van der Waals surface area contributed by atoms with E-state index >= 15 is 0 Å². The van der Waals surface area contributed by atoms with E-state index in [1.54, 1.807) is 0 Å². The molecular formula is C19H37N3O. The Hall–Kier alpha value is -0.610. The Morgan fingerprint density at radius 1 is 1.04 bits per heavy atom. The topological polar surface area (TPSA) is 26.8 Å². The molecule has 1 amide bonds. The van der Waals surface area contributed by atoms with Gasteiger partial charge in [0, 0.05) is 38.6 Å². The summed E-state index contributed by atoms with van der Waals surface area (Å²) >= 11 is 0. The van der Waals surface area contributed by atoms with Gasteiger partial charge in [-0.1, -0.05) is 26.2 Å². The maximum Gasteiger partial charge on any atom is 0.222 e. The van der Waals surface area contributed by atoms with Crippen molar-refractivity contribution >= 4 is 5.91 Å². The van der Waals surface area contributed by atoms with E-state index < -0.39 is 0 Å². The van der Waals surface area contributed by atoms with Gasteiger partial charge >= 0.3 is 0 Å². The Morgan fingerprint density at radius 2 is 1.78 bits per heavy atom. The number of likely N-dealkylation sites (tertiary alicyclic amines) is 1. The molecule has 23 heavy (non-hydrogen) atoms. The van der Waals surface area contributed by atoms with E-state index in [9.17, 15) is 4.79 Å². The summed E-state index contributed by atoms with van der Waals surface area (Å²) in [4.78, 5) is 19.5. The molecule has 134 valence electrons. The molecule has 0 aromatic carbocycles. The molecule has 0 spiro atoms. The number of hydrogen-bond acceptors (Lipinski definition) is 3. The molecule has 1 aliphatic carbocycles. The molecule has 1 saturated carbocycles. The predicted molar refractivity (Wildman–Crippen MR) is 96.6 cm³/mol. The monoisotopic (exact) mass is 323 g/mol. The van der Waals surface area contributed by atoms with Gasteiger partial charge in [-0.2, -0.15) is 0 Å². The molecule has 1 aliphatic heterocycles. The lowest BCUT2D eigenvalue weighted by Crippen LogP contribution is -2.40. The van der Waals surface area contributed by atoms with Gasteiger partial charge in [0.25, 0.3) is 0 Å². The first-order chi connectivity index (χ1) is 11.1. The molecule has 1 heterocycles. The van der Waals surface area contributed by atoms with Crippen LogP contribution in [0.5, 0.6) is 0 Å². The lowest BCUT2D eigenvalue weighted by atomic mass is 9.89. The lowest BCUT2D eigenvalue weighted by molar-refractivity contribution is -0.131. The molecule has 2 aliphatic rings. The van der Waals surface area contributed by atoms with Crippen molar-refractivity contribution in [1.82, 2.24) is 14.7 Å². The summed E-state index contributed by atoms with van der Waals surface area (Å²) in [6, 6.07) is 0.584. The molecule has 1 atom stereocenters. The van der Waals surface area contributed by atoms with Crippen LogP contribution in [-0.2, 0) is 4.79 Å². The molecule has 0 radical (unpaired) electrons. The number of hydrogen-bond donors (Lipinski definition) is 0. The van der Waals surface area contributed by atoms with Crippen LogP contribution in [0.2, 0.25) is 0 Å².